The van der Waals surface area contributed by atoms with Crippen molar-refractivity contribution < 1.29 is 14.3 Å². The maximum Gasteiger partial charge on any atom is 0.255 e. The van der Waals surface area contributed by atoms with E-state index in [1.807, 2.05) is 51.1 Å². The van der Waals surface area contributed by atoms with E-state index in [-0.39, 0.29) is 17.3 Å². The number of methoxy groups -OCH3 is 1. The first-order valence-electron chi connectivity index (χ1n) is 9.82. The lowest BCUT2D eigenvalue weighted by Gasteiger charge is -2.20. The minimum atomic E-state index is -0.629. The molecule has 5 N–H and O–H groups in total. The summed E-state index contributed by atoms with van der Waals surface area (Å²) in [6.45, 7) is 6.16. The number of nitrogen functional groups attached to an aromatic ring is 1. The van der Waals surface area contributed by atoms with Gasteiger partial charge in [0.2, 0.25) is 0 Å². The molecule has 0 aliphatic heterocycles. The van der Waals surface area contributed by atoms with Crippen LogP contribution in [0.1, 0.15) is 47.1 Å². The van der Waals surface area contributed by atoms with Gasteiger partial charge in [-0.25, -0.2) is 4.68 Å². The maximum absolute atomic E-state index is 12.5. The van der Waals surface area contributed by atoms with E-state index in [2.05, 4.69) is 10.4 Å². The van der Waals surface area contributed by atoms with Gasteiger partial charge in [0.25, 0.3) is 11.8 Å². The minimum Gasteiger partial charge on any atom is -0.496 e. The highest BCUT2D eigenvalue weighted by molar-refractivity contribution is 6.03. The van der Waals surface area contributed by atoms with Crippen LogP contribution >= 0.6 is 0 Å². The van der Waals surface area contributed by atoms with Crippen LogP contribution in [0.3, 0.4) is 0 Å². The molecule has 8 heteroatoms. The summed E-state index contributed by atoms with van der Waals surface area (Å²) in [6.07, 6.45) is 0. The first-order valence-corrected chi connectivity index (χ1v) is 9.82. The molecule has 1 heterocycles. The zero-order chi connectivity index (χ0) is 22.8. The highest BCUT2D eigenvalue weighted by atomic mass is 16.5. The molecule has 2 aromatic carbocycles. The largest absolute Gasteiger partial charge is 0.496 e. The molecule has 31 heavy (non-hydrogen) atoms. The molecule has 0 spiro atoms. The number of ether oxygens (including phenoxy) is 1. The molecule has 0 fully saturated rings. The van der Waals surface area contributed by atoms with Gasteiger partial charge in [-0.2, -0.15) is 5.10 Å². The van der Waals surface area contributed by atoms with Crippen LogP contribution < -0.4 is 21.5 Å². The summed E-state index contributed by atoms with van der Waals surface area (Å²) in [5, 5.41) is 7.42. The van der Waals surface area contributed by atoms with Crippen molar-refractivity contribution >= 4 is 17.6 Å². The lowest BCUT2D eigenvalue weighted by molar-refractivity contribution is 0.0946. The van der Waals surface area contributed by atoms with E-state index in [0.717, 1.165) is 5.56 Å². The van der Waals surface area contributed by atoms with Gasteiger partial charge in [-0.05, 0) is 38.5 Å². The predicted molar refractivity (Wildman–Crippen MR) is 120 cm³/mol. The first-order chi connectivity index (χ1) is 14.6. The molecule has 8 nitrogen and oxygen atoms in total. The van der Waals surface area contributed by atoms with Gasteiger partial charge in [0.05, 0.1) is 18.2 Å². The zero-order valence-corrected chi connectivity index (χ0v) is 18.1. The molecule has 2 amide bonds. The van der Waals surface area contributed by atoms with Crippen molar-refractivity contribution in [3.8, 4) is 17.0 Å². The number of rotatable bonds is 6. The average molecular weight is 422 g/mol. The van der Waals surface area contributed by atoms with Gasteiger partial charge < -0.3 is 21.5 Å². The predicted octanol–water partition coefficient (Wildman–Crippen LogP) is 2.92. The Bertz CT molecular complexity index is 1110. The van der Waals surface area contributed by atoms with Crippen LogP contribution in [0.5, 0.6) is 5.75 Å². The maximum atomic E-state index is 12.5. The quantitative estimate of drug-likeness (QED) is 0.564. The number of carbonyl (C=O) groups excluding carboxylic acids is 2. The van der Waals surface area contributed by atoms with Crippen LogP contribution in [0.15, 0.2) is 48.5 Å². The van der Waals surface area contributed by atoms with E-state index in [4.69, 9.17) is 16.2 Å². The second-order valence-electron chi connectivity index (χ2n) is 8.14. The van der Waals surface area contributed by atoms with Crippen molar-refractivity contribution in [3.05, 3.63) is 65.2 Å². The fourth-order valence-electron chi connectivity index (χ4n) is 3.28. The highest BCUT2D eigenvalue weighted by Crippen LogP contribution is 2.31. The first kappa shape index (κ1) is 21.9. The fraction of sp³-hybridized carbons (Fsp3) is 0.261. The van der Waals surface area contributed by atoms with E-state index < -0.39 is 11.4 Å². The van der Waals surface area contributed by atoms with E-state index in [1.54, 1.807) is 22.9 Å². The van der Waals surface area contributed by atoms with E-state index in [0.29, 0.717) is 29.1 Å². The summed E-state index contributed by atoms with van der Waals surface area (Å²) in [5.74, 6) is -0.102. The standard InChI is InChI=1S/C23H27N5O3/c1-23(2,3)28-20(24)18(21(25)29)19(27-28)15-11-9-14(10-12-15)13-26-22(30)16-7-5-6-8-17(16)31-4/h5-12H,13,24H2,1-4H3,(H2,25,29)(H,26,30). The van der Waals surface area contributed by atoms with Crippen molar-refractivity contribution in [2.24, 2.45) is 5.73 Å². The summed E-state index contributed by atoms with van der Waals surface area (Å²) in [7, 11) is 1.53. The molecule has 0 aliphatic rings. The SMILES string of the molecule is COc1ccccc1C(=O)NCc1ccc(-c2nn(C(C)(C)C)c(N)c2C(N)=O)cc1. The molecule has 0 unspecified atom stereocenters. The van der Waals surface area contributed by atoms with Crippen molar-refractivity contribution in [3.63, 3.8) is 0 Å². The molecular formula is C23H27N5O3. The number of aromatic nitrogens is 2. The Morgan fingerprint density at radius 3 is 2.32 bits per heavy atom. The topological polar surface area (TPSA) is 125 Å². The summed E-state index contributed by atoms with van der Waals surface area (Å²) in [5.41, 5.74) is 14.0. The Hall–Kier alpha value is -3.81. The van der Waals surface area contributed by atoms with Gasteiger partial charge in [0.1, 0.15) is 22.8 Å². The van der Waals surface area contributed by atoms with Crippen LogP contribution in [0.4, 0.5) is 5.82 Å². The van der Waals surface area contributed by atoms with Crippen LogP contribution in [0.25, 0.3) is 11.3 Å². The van der Waals surface area contributed by atoms with Crippen LogP contribution in [0, 0.1) is 0 Å². The van der Waals surface area contributed by atoms with Gasteiger partial charge >= 0.3 is 0 Å². The Kier molecular flexibility index (Phi) is 6.01. The van der Waals surface area contributed by atoms with Gasteiger partial charge in [-0.15, -0.1) is 0 Å². The summed E-state index contributed by atoms with van der Waals surface area (Å²) < 4.78 is 6.83. The van der Waals surface area contributed by atoms with E-state index in [9.17, 15) is 9.59 Å². The van der Waals surface area contributed by atoms with Crippen molar-refractivity contribution in [1.82, 2.24) is 15.1 Å². The average Bonchev–Trinajstić information content (AvgIpc) is 3.10. The van der Waals surface area contributed by atoms with Gasteiger partial charge in [-0.1, -0.05) is 36.4 Å². The second kappa shape index (κ2) is 8.51. The van der Waals surface area contributed by atoms with Crippen molar-refractivity contribution in [1.29, 1.82) is 0 Å². The number of hydrogen-bond donors (Lipinski definition) is 3. The van der Waals surface area contributed by atoms with Gasteiger partial charge in [0, 0.05) is 12.1 Å². The number of nitrogens with one attached hydrogen (secondary N) is 1. The summed E-state index contributed by atoms with van der Waals surface area (Å²) in [6, 6.07) is 14.4. The van der Waals surface area contributed by atoms with Gasteiger partial charge in [-0.3, -0.25) is 9.59 Å². The van der Waals surface area contributed by atoms with E-state index >= 15 is 0 Å². The molecule has 0 atom stereocenters. The number of primary amides is 1. The molecule has 0 saturated heterocycles. The molecule has 0 aliphatic carbocycles. The lowest BCUT2D eigenvalue weighted by atomic mass is 10.0. The van der Waals surface area contributed by atoms with Crippen LogP contribution in [-0.4, -0.2) is 28.7 Å². The number of anilines is 1. The Morgan fingerprint density at radius 2 is 1.74 bits per heavy atom. The number of amides is 2. The van der Waals surface area contributed by atoms with E-state index in [1.165, 1.54) is 7.11 Å². The molecule has 162 valence electrons. The molecule has 0 radical (unpaired) electrons. The number of para-hydroxylation sites is 1. The Balaban J connectivity index is 1.81. The van der Waals surface area contributed by atoms with Crippen LogP contribution in [0.2, 0.25) is 0 Å². The lowest BCUT2D eigenvalue weighted by Crippen LogP contribution is -2.25. The van der Waals surface area contributed by atoms with Crippen molar-refractivity contribution in [2.75, 3.05) is 12.8 Å². The Morgan fingerprint density at radius 1 is 1.10 bits per heavy atom. The van der Waals surface area contributed by atoms with Gasteiger partial charge in [0.15, 0.2) is 0 Å². The molecule has 1 aromatic heterocycles. The summed E-state index contributed by atoms with van der Waals surface area (Å²) >= 11 is 0. The number of nitrogens with zero attached hydrogens (tertiary/aromatic N) is 2. The smallest absolute Gasteiger partial charge is 0.255 e. The third-order valence-electron chi connectivity index (χ3n) is 4.83. The Labute approximate surface area is 181 Å². The normalized spacial score (nSPS) is 11.2. The zero-order valence-electron chi connectivity index (χ0n) is 18.1. The fourth-order valence-corrected chi connectivity index (χ4v) is 3.28. The number of nitrogens with two attached hydrogens (primary N) is 2. The van der Waals surface area contributed by atoms with Crippen LogP contribution in [-0.2, 0) is 12.1 Å². The minimum absolute atomic E-state index is 0.201. The summed E-state index contributed by atoms with van der Waals surface area (Å²) in [4.78, 5) is 24.5. The molecule has 0 bridgehead atoms. The molecule has 3 rings (SSSR count). The third-order valence-corrected chi connectivity index (χ3v) is 4.83. The number of hydrogen-bond acceptors (Lipinski definition) is 5. The second-order valence-corrected chi connectivity index (χ2v) is 8.14. The third kappa shape index (κ3) is 4.53. The molecule has 0 saturated carbocycles. The number of benzene rings is 2. The van der Waals surface area contributed by atoms with Crippen molar-refractivity contribution in [2.45, 2.75) is 32.9 Å². The number of carbonyl (C=O) groups is 2. The molecule has 3 aromatic rings. The highest BCUT2D eigenvalue weighted by Gasteiger charge is 2.26. The monoisotopic (exact) mass is 421 g/mol. The molecular weight excluding hydrogens is 394 g/mol.